The van der Waals surface area contributed by atoms with E-state index >= 15 is 0 Å². The summed E-state index contributed by atoms with van der Waals surface area (Å²) >= 11 is 6.05. The zero-order valence-corrected chi connectivity index (χ0v) is 10.9. The SMILES string of the molecule is CC(C)N(CC(=O)O)c1ccc(C(N)=O)cc1Cl. The molecule has 3 N–H and O–H groups in total. The number of carbonyl (C=O) groups is 2. The van der Waals surface area contributed by atoms with E-state index in [1.807, 2.05) is 13.8 Å². The van der Waals surface area contributed by atoms with Crippen LogP contribution in [0.2, 0.25) is 5.02 Å². The fourth-order valence-corrected chi connectivity index (χ4v) is 1.87. The van der Waals surface area contributed by atoms with E-state index in [1.165, 1.54) is 12.1 Å². The second-order valence-corrected chi connectivity index (χ2v) is 4.55. The van der Waals surface area contributed by atoms with Crippen molar-refractivity contribution in [1.82, 2.24) is 0 Å². The summed E-state index contributed by atoms with van der Waals surface area (Å²) < 4.78 is 0. The molecule has 0 saturated carbocycles. The number of hydrogen-bond donors (Lipinski definition) is 2. The predicted molar refractivity (Wildman–Crippen MR) is 70.1 cm³/mol. The molecule has 0 aliphatic rings. The molecule has 0 radical (unpaired) electrons. The van der Waals surface area contributed by atoms with Crippen LogP contribution in [-0.4, -0.2) is 29.6 Å². The van der Waals surface area contributed by atoms with Gasteiger partial charge in [-0.25, -0.2) is 0 Å². The van der Waals surface area contributed by atoms with E-state index in [4.69, 9.17) is 22.4 Å². The van der Waals surface area contributed by atoms with Crippen molar-refractivity contribution in [3.05, 3.63) is 28.8 Å². The Morgan fingerprint density at radius 2 is 2.06 bits per heavy atom. The lowest BCUT2D eigenvalue weighted by Crippen LogP contribution is -2.35. The molecule has 1 amide bonds. The molecule has 0 aromatic heterocycles. The van der Waals surface area contributed by atoms with Crippen molar-refractivity contribution >= 4 is 29.2 Å². The number of amides is 1. The molecule has 0 saturated heterocycles. The lowest BCUT2D eigenvalue weighted by atomic mass is 10.1. The average Bonchev–Trinajstić information content (AvgIpc) is 2.25. The second-order valence-electron chi connectivity index (χ2n) is 4.15. The molecule has 0 aliphatic heterocycles. The lowest BCUT2D eigenvalue weighted by molar-refractivity contribution is -0.135. The largest absolute Gasteiger partial charge is 0.480 e. The second kappa shape index (κ2) is 5.73. The smallest absolute Gasteiger partial charge is 0.323 e. The molecular formula is C12H15ClN2O3. The molecule has 0 bridgehead atoms. The summed E-state index contributed by atoms with van der Waals surface area (Å²) in [4.78, 5) is 23.5. The molecule has 1 aromatic rings. The van der Waals surface area contributed by atoms with E-state index in [-0.39, 0.29) is 12.6 Å². The van der Waals surface area contributed by atoms with Crippen molar-refractivity contribution < 1.29 is 14.7 Å². The van der Waals surface area contributed by atoms with Gasteiger partial charge in [0, 0.05) is 11.6 Å². The van der Waals surface area contributed by atoms with Gasteiger partial charge in [-0.05, 0) is 32.0 Å². The number of nitrogens with zero attached hydrogens (tertiary/aromatic N) is 1. The summed E-state index contributed by atoms with van der Waals surface area (Å²) in [5, 5.41) is 9.18. The Bertz CT molecular complexity index is 474. The molecular weight excluding hydrogens is 256 g/mol. The molecule has 0 atom stereocenters. The Morgan fingerprint density at radius 1 is 1.44 bits per heavy atom. The molecule has 0 aliphatic carbocycles. The minimum atomic E-state index is -0.946. The van der Waals surface area contributed by atoms with E-state index < -0.39 is 11.9 Å². The van der Waals surface area contributed by atoms with E-state index in [2.05, 4.69) is 0 Å². The van der Waals surface area contributed by atoms with Crippen LogP contribution in [0.15, 0.2) is 18.2 Å². The summed E-state index contributed by atoms with van der Waals surface area (Å²) in [6.07, 6.45) is 0. The van der Waals surface area contributed by atoms with Gasteiger partial charge < -0.3 is 15.7 Å². The lowest BCUT2D eigenvalue weighted by Gasteiger charge is -2.28. The van der Waals surface area contributed by atoms with Gasteiger partial charge in [-0.1, -0.05) is 11.6 Å². The number of aliphatic carboxylic acids is 1. The highest BCUT2D eigenvalue weighted by Gasteiger charge is 2.17. The molecule has 0 spiro atoms. The standard InChI is InChI=1S/C12H15ClN2O3/c1-7(2)15(6-11(16)17)10-4-3-8(12(14)18)5-9(10)13/h3-5,7H,6H2,1-2H3,(H2,14,18)(H,16,17). The first-order valence-electron chi connectivity index (χ1n) is 5.40. The number of benzene rings is 1. The maximum Gasteiger partial charge on any atom is 0.323 e. The van der Waals surface area contributed by atoms with Gasteiger partial charge in [0.2, 0.25) is 5.91 Å². The number of halogens is 1. The Kier molecular flexibility index (Phi) is 4.55. The molecule has 0 unspecified atom stereocenters. The average molecular weight is 271 g/mol. The van der Waals surface area contributed by atoms with Gasteiger partial charge in [0.15, 0.2) is 0 Å². The maximum atomic E-state index is 11.0. The van der Waals surface area contributed by atoms with Gasteiger partial charge in [0.05, 0.1) is 10.7 Å². The van der Waals surface area contributed by atoms with Gasteiger partial charge in [0.25, 0.3) is 0 Å². The van der Waals surface area contributed by atoms with E-state index in [9.17, 15) is 9.59 Å². The molecule has 5 nitrogen and oxygen atoms in total. The number of carbonyl (C=O) groups excluding carboxylic acids is 1. The van der Waals surface area contributed by atoms with Gasteiger partial charge >= 0.3 is 5.97 Å². The summed E-state index contributed by atoms with van der Waals surface area (Å²) in [7, 11) is 0. The predicted octanol–water partition coefficient (Wildman–Crippen LogP) is 1.74. The highest BCUT2D eigenvalue weighted by atomic mass is 35.5. The van der Waals surface area contributed by atoms with Crippen LogP contribution >= 0.6 is 11.6 Å². The molecule has 1 aromatic carbocycles. The third-order valence-corrected chi connectivity index (χ3v) is 2.77. The topological polar surface area (TPSA) is 83.6 Å². The third kappa shape index (κ3) is 3.37. The maximum absolute atomic E-state index is 11.0. The van der Waals surface area contributed by atoms with Gasteiger partial charge in [-0.2, -0.15) is 0 Å². The first-order chi connectivity index (χ1) is 8.32. The zero-order valence-electron chi connectivity index (χ0n) is 10.2. The number of primary amides is 1. The fraction of sp³-hybridized carbons (Fsp3) is 0.333. The molecule has 0 heterocycles. The Hall–Kier alpha value is -1.75. The number of anilines is 1. The number of nitrogens with two attached hydrogens (primary N) is 1. The Morgan fingerprint density at radius 3 is 2.44 bits per heavy atom. The quantitative estimate of drug-likeness (QED) is 0.854. The minimum Gasteiger partial charge on any atom is -0.480 e. The van der Waals surface area contributed by atoms with Crippen LogP contribution in [-0.2, 0) is 4.79 Å². The van der Waals surface area contributed by atoms with Crippen LogP contribution in [0, 0.1) is 0 Å². The third-order valence-electron chi connectivity index (χ3n) is 2.47. The molecule has 18 heavy (non-hydrogen) atoms. The Labute approximate surface area is 110 Å². The van der Waals surface area contributed by atoms with Crippen LogP contribution in [0.25, 0.3) is 0 Å². The number of carboxylic acids is 1. The van der Waals surface area contributed by atoms with Gasteiger partial charge in [0.1, 0.15) is 6.54 Å². The van der Waals surface area contributed by atoms with E-state index in [1.54, 1.807) is 11.0 Å². The Balaban J connectivity index is 3.13. The summed E-state index contributed by atoms with van der Waals surface area (Å²) in [6.45, 7) is 3.57. The highest BCUT2D eigenvalue weighted by molar-refractivity contribution is 6.33. The van der Waals surface area contributed by atoms with Gasteiger partial charge in [-0.15, -0.1) is 0 Å². The minimum absolute atomic E-state index is 0.0296. The molecule has 0 fully saturated rings. The van der Waals surface area contributed by atoms with E-state index in [0.29, 0.717) is 16.3 Å². The molecule has 6 heteroatoms. The van der Waals surface area contributed by atoms with Crippen LogP contribution in [0.4, 0.5) is 5.69 Å². The van der Waals surface area contributed by atoms with Crippen molar-refractivity contribution in [2.75, 3.05) is 11.4 Å². The number of rotatable bonds is 5. The first kappa shape index (κ1) is 14.3. The summed E-state index contributed by atoms with van der Waals surface area (Å²) in [6, 6.07) is 4.54. The fourth-order valence-electron chi connectivity index (χ4n) is 1.58. The molecule has 98 valence electrons. The van der Waals surface area contributed by atoms with Crippen LogP contribution in [0.1, 0.15) is 24.2 Å². The number of carboxylic acid groups (broad SMARTS) is 1. The van der Waals surface area contributed by atoms with Crippen LogP contribution < -0.4 is 10.6 Å². The van der Waals surface area contributed by atoms with E-state index in [0.717, 1.165) is 0 Å². The number of hydrogen-bond acceptors (Lipinski definition) is 3. The van der Waals surface area contributed by atoms with Crippen molar-refractivity contribution in [3.63, 3.8) is 0 Å². The normalized spacial score (nSPS) is 10.4. The van der Waals surface area contributed by atoms with Crippen molar-refractivity contribution in [2.45, 2.75) is 19.9 Å². The highest BCUT2D eigenvalue weighted by Crippen LogP contribution is 2.28. The first-order valence-corrected chi connectivity index (χ1v) is 5.78. The zero-order chi connectivity index (χ0) is 13.9. The monoisotopic (exact) mass is 270 g/mol. The molecule has 1 rings (SSSR count). The van der Waals surface area contributed by atoms with Crippen LogP contribution in [0.5, 0.6) is 0 Å². The summed E-state index contributed by atoms with van der Waals surface area (Å²) in [5.41, 5.74) is 6.01. The van der Waals surface area contributed by atoms with Crippen molar-refractivity contribution in [3.8, 4) is 0 Å². The summed E-state index contributed by atoms with van der Waals surface area (Å²) in [5.74, 6) is -1.52. The van der Waals surface area contributed by atoms with Crippen molar-refractivity contribution in [2.24, 2.45) is 5.73 Å². The van der Waals surface area contributed by atoms with Crippen LogP contribution in [0.3, 0.4) is 0 Å². The van der Waals surface area contributed by atoms with Crippen molar-refractivity contribution in [1.29, 1.82) is 0 Å². The van der Waals surface area contributed by atoms with Gasteiger partial charge in [-0.3, -0.25) is 9.59 Å².